The Morgan fingerprint density at radius 3 is 2.71 bits per heavy atom. The highest BCUT2D eigenvalue weighted by Gasteiger charge is 2.16. The van der Waals surface area contributed by atoms with E-state index in [0.717, 1.165) is 31.7 Å². The molecule has 3 nitrogen and oxygen atoms in total. The van der Waals surface area contributed by atoms with Gasteiger partial charge in [-0.25, -0.2) is 4.39 Å². The lowest BCUT2D eigenvalue weighted by Gasteiger charge is -2.17. The van der Waals surface area contributed by atoms with Crippen molar-refractivity contribution in [2.75, 3.05) is 7.11 Å². The lowest BCUT2D eigenvalue weighted by Crippen LogP contribution is -2.16. The van der Waals surface area contributed by atoms with E-state index in [1.807, 2.05) is 13.8 Å². The summed E-state index contributed by atoms with van der Waals surface area (Å²) >= 11 is 2.11. The molecule has 1 heterocycles. The summed E-state index contributed by atoms with van der Waals surface area (Å²) in [6.07, 6.45) is 2.38. The number of ether oxygens (including phenoxy) is 1. The summed E-state index contributed by atoms with van der Waals surface area (Å²) in [4.78, 5) is 4.46. The first-order valence-corrected chi connectivity index (χ1v) is 7.71. The van der Waals surface area contributed by atoms with Crippen molar-refractivity contribution in [3.8, 4) is 5.75 Å². The fourth-order valence-electron chi connectivity index (χ4n) is 2.40. The predicted molar refractivity (Wildman–Crippen MR) is 90.0 cm³/mol. The molecule has 0 radical (unpaired) electrons. The quantitative estimate of drug-likeness (QED) is 0.797. The molecule has 1 aromatic carbocycles. The topological polar surface area (TPSA) is 48.1 Å². The molecule has 112 valence electrons. The Bertz CT molecular complexity index is 661. The number of hydrogen-bond acceptors (Lipinski definition) is 3. The molecule has 2 rings (SSSR count). The second-order valence-corrected chi connectivity index (χ2v) is 6.18. The molecule has 0 amide bonds. The molecule has 0 fully saturated rings. The molecule has 0 saturated carbocycles. The SMILES string of the molecule is COc1c(C)cnc(CC(N)c2ccc(F)cc2I)c1C. The zero-order valence-electron chi connectivity index (χ0n) is 12.3. The lowest BCUT2D eigenvalue weighted by atomic mass is 9.99. The van der Waals surface area contributed by atoms with Crippen molar-refractivity contribution in [1.82, 2.24) is 4.98 Å². The van der Waals surface area contributed by atoms with Crippen molar-refractivity contribution < 1.29 is 9.13 Å². The third-order valence-corrected chi connectivity index (χ3v) is 4.46. The summed E-state index contributed by atoms with van der Waals surface area (Å²) in [7, 11) is 1.65. The standard InChI is InChI=1S/C16H18FIN2O/c1-9-8-20-15(10(2)16(9)21-3)7-14(19)12-5-4-11(17)6-13(12)18/h4-6,8,14H,7,19H2,1-3H3. The van der Waals surface area contributed by atoms with Crippen molar-refractivity contribution in [3.05, 3.63) is 56.2 Å². The summed E-state index contributed by atoms with van der Waals surface area (Å²) in [6, 6.07) is 4.44. The second-order valence-electron chi connectivity index (χ2n) is 5.02. The average molecular weight is 400 g/mol. The van der Waals surface area contributed by atoms with Crippen molar-refractivity contribution >= 4 is 22.6 Å². The van der Waals surface area contributed by atoms with Gasteiger partial charge in [0, 0.05) is 39.1 Å². The summed E-state index contributed by atoms with van der Waals surface area (Å²) in [5, 5.41) is 0. The Labute approximate surface area is 137 Å². The van der Waals surface area contributed by atoms with Gasteiger partial charge in [-0.1, -0.05) is 6.07 Å². The average Bonchev–Trinajstić information content (AvgIpc) is 2.42. The van der Waals surface area contributed by atoms with Crippen molar-refractivity contribution in [3.63, 3.8) is 0 Å². The van der Waals surface area contributed by atoms with Crippen LogP contribution in [0.5, 0.6) is 5.75 Å². The molecular formula is C16H18FIN2O. The molecule has 2 N–H and O–H groups in total. The van der Waals surface area contributed by atoms with Crippen LogP contribution in [0.15, 0.2) is 24.4 Å². The van der Waals surface area contributed by atoms with Crippen molar-refractivity contribution in [2.45, 2.75) is 26.3 Å². The summed E-state index contributed by atoms with van der Waals surface area (Å²) in [6.45, 7) is 3.95. The third-order valence-electron chi connectivity index (χ3n) is 3.53. The molecular weight excluding hydrogens is 382 g/mol. The molecule has 0 aliphatic rings. The normalized spacial score (nSPS) is 12.3. The minimum Gasteiger partial charge on any atom is -0.496 e. The van der Waals surface area contributed by atoms with E-state index in [4.69, 9.17) is 10.5 Å². The van der Waals surface area contributed by atoms with Gasteiger partial charge in [0.25, 0.3) is 0 Å². The fraction of sp³-hybridized carbons (Fsp3) is 0.312. The van der Waals surface area contributed by atoms with Crippen LogP contribution < -0.4 is 10.5 Å². The molecule has 1 unspecified atom stereocenters. The van der Waals surface area contributed by atoms with Crippen LogP contribution in [0, 0.1) is 23.2 Å². The number of hydrogen-bond donors (Lipinski definition) is 1. The number of halogens is 2. The van der Waals surface area contributed by atoms with Crippen LogP contribution in [0.3, 0.4) is 0 Å². The number of benzene rings is 1. The fourth-order valence-corrected chi connectivity index (χ4v) is 3.27. The van der Waals surface area contributed by atoms with Crippen LogP contribution >= 0.6 is 22.6 Å². The van der Waals surface area contributed by atoms with Crippen molar-refractivity contribution in [2.24, 2.45) is 5.73 Å². The maximum atomic E-state index is 13.2. The molecule has 1 aromatic heterocycles. The van der Waals surface area contributed by atoms with Crippen LogP contribution in [-0.4, -0.2) is 12.1 Å². The molecule has 0 aliphatic carbocycles. The Balaban J connectivity index is 2.29. The van der Waals surface area contributed by atoms with Gasteiger partial charge in [0.15, 0.2) is 0 Å². The molecule has 0 spiro atoms. The first-order chi connectivity index (χ1) is 9.93. The number of aryl methyl sites for hydroxylation is 1. The van der Waals surface area contributed by atoms with Gasteiger partial charge < -0.3 is 10.5 Å². The van der Waals surface area contributed by atoms with Gasteiger partial charge in [0.1, 0.15) is 11.6 Å². The zero-order valence-corrected chi connectivity index (χ0v) is 14.4. The third kappa shape index (κ3) is 3.52. The number of aromatic nitrogens is 1. The summed E-state index contributed by atoms with van der Waals surface area (Å²) in [5.41, 5.74) is 10.1. The molecule has 2 aromatic rings. The molecule has 0 saturated heterocycles. The molecule has 5 heteroatoms. The zero-order chi connectivity index (χ0) is 15.6. The number of nitrogens with zero attached hydrogens (tertiary/aromatic N) is 1. The summed E-state index contributed by atoms with van der Waals surface area (Å²) in [5.74, 6) is 0.600. The highest BCUT2D eigenvalue weighted by atomic mass is 127. The van der Waals surface area contributed by atoms with Gasteiger partial charge in [-0.2, -0.15) is 0 Å². The largest absolute Gasteiger partial charge is 0.496 e. The summed E-state index contributed by atoms with van der Waals surface area (Å²) < 4.78 is 19.4. The van der Waals surface area contributed by atoms with E-state index in [0.29, 0.717) is 6.42 Å². The van der Waals surface area contributed by atoms with Crippen LogP contribution in [0.2, 0.25) is 0 Å². The Morgan fingerprint density at radius 2 is 2.10 bits per heavy atom. The minimum atomic E-state index is -0.248. The van der Waals surface area contributed by atoms with E-state index < -0.39 is 0 Å². The lowest BCUT2D eigenvalue weighted by molar-refractivity contribution is 0.406. The highest BCUT2D eigenvalue weighted by molar-refractivity contribution is 14.1. The van der Waals surface area contributed by atoms with Crippen LogP contribution in [0.25, 0.3) is 0 Å². The monoisotopic (exact) mass is 400 g/mol. The van der Waals surface area contributed by atoms with E-state index in [9.17, 15) is 4.39 Å². The van der Waals surface area contributed by atoms with Gasteiger partial charge in [-0.3, -0.25) is 4.98 Å². The van der Waals surface area contributed by atoms with E-state index in [-0.39, 0.29) is 11.9 Å². The Hall–Kier alpha value is -1.21. The Morgan fingerprint density at radius 1 is 1.38 bits per heavy atom. The first kappa shape index (κ1) is 16.2. The van der Waals surface area contributed by atoms with E-state index in [2.05, 4.69) is 27.6 Å². The molecule has 0 aliphatic heterocycles. The minimum absolute atomic E-state index is 0.226. The first-order valence-electron chi connectivity index (χ1n) is 6.63. The van der Waals surface area contributed by atoms with E-state index in [1.54, 1.807) is 19.4 Å². The number of pyridine rings is 1. The Kier molecular flexibility index (Phi) is 5.16. The maximum Gasteiger partial charge on any atom is 0.128 e. The molecule has 21 heavy (non-hydrogen) atoms. The van der Waals surface area contributed by atoms with Crippen LogP contribution in [-0.2, 0) is 6.42 Å². The van der Waals surface area contributed by atoms with Gasteiger partial charge in [0.2, 0.25) is 0 Å². The molecule has 0 bridgehead atoms. The molecule has 1 atom stereocenters. The van der Waals surface area contributed by atoms with E-state index in [1.165, 1.54) is 12.1 Å². The van der Waals surface area contributed by atoms with Gasteiger partial charge in [-0.05, 0) is 54.1 Å². The van der Waals surface area contributed by atoms with Gasteiger partial charge in [0.05, 0.1) is 7.11 Å². The van der Waals surface area contributed by atoms with Gasteiger partial charge in [-0.15, -0.1) is 0 Å². The van der Waals surface area contributed by atoms with Crippen molar-refractivity contribution in [1.29, 1.82) is 0 Å². The van der Waals surface area contributed by atoms with Crippen LogP contribution in [0.1, 0.15) is 28.4 Å². The predicted octanol–water partition coefficient (Wildman–Crippen LogP) is 3.69. The van der Waals surface area contributed by atoms with Gasteiger partial charge >= 0.3 is 0 Å². The smallest absolute Gasteiger partial charge is 0.128 e. The van der Waals surface area contributed by atoms with E-state index >= 15 is 0 Å². The highest BCUT2D eigenvalue weighted by Crippen LogP contribution is 2.28. The number of rotatable bonds is 4. The number of methoxy groups -OCH3 is 1. The second kappa shape index (κ2) is 6.70. The number of nitrogens with two attached hydrogens (primary N) is 1. The van der Waals surface area contributed by atoms with Crippen LogP contribution in [0.4, 0.5) is 4.39 Å². The maximum absolute atomic E-state index is 13.2.